The summed E-state index contributed by atoms with van der Waals surface area (Å²) in [5.41, 5.74) is 0. The molecule has 1 N–H and O–H groups in total. The summed E-state index contributed by atoms with van der Waals surface area (Å²) in [6.07, 6.45) is 11.7. The van der Waals surface area contributed by atoms with Crippen molar-refractivity contribution in [2.75, 3.05) is 26.2 Å². The van der Waals surface area contributed by atoms with Crippen LogP contribution in [-0.4, -0.2) is 37.1 Å². The average molecular weight is 236 g/mol. The van der Waals surface area contributed by atoms with Crippen LogP contribution in [0.15, 0.2) is 0 Å². The van der Waals surface area contributed by atoms with E-state index < -0.39 is 0 Å². The van der Waals surface area contributed by atoms with Crippen molar-refractivity contribution < 1.29 is 0 Å². The summed E-state index contributed by atoms with van der Waals surface area (Å²) in [5, 5.41) is 3.71. The van der Waals surface area contributed by atoms with Crippen LogP contribution in [0, 0.1) is 11.8 Å². The molecule has 0 aromatic rings. The first kappa shape index (κ1) is 12.0. The van der Waals surface area contributed by atoms with Gasteiger partial charge in [-0.1, -0.05) is 12.8 Å². The summed E-state index contributed by atoms with van der Waals surface area (Å²) in [6, 6.07) is 0.889. The highest BCUT2D eigenvalue weighted by Crippen LogP contribution is 2.27. The van der Waals surface area contributed by atoms with Gasteiger partial charge < -0.3 is 10.2 Å². The fourth-order valence-electron chi connectivity index (χ4n) is 3.66. The van der Waals surface area contributed by atoms with Crippen molar-refractivity contribution in [2.24, 2.45) is 11.8 Å². The van der Waals surface area contributed by atoms with Gasteiger partial charge in [0.15, 0.2) is 0 Å². The number of piperidine rings is 1. The summed E-state index contributed by atoms with van der Waals surface area (Å²) in [6.45, 7) is 5.43. The van der Waals surface area contributed by atoms with E-state index in [1.807, 2.05) is 0 Å². The fourth-order valence-corrected chi connectivity index (χ4v) is 3.66. The predicted molar refractivity (Wildman–Crippen MR) is 72.1 cm³/mol. The van der Waals surface area contributed by atoms with E-state index in [1.165, 1.54) is 77.5 Å². The molecule has 2 saturated carbocycles. The van der Waals surface area contributed by atoms with Crippen molar-refractivity contribution >= 4 is 0 Å². The van der Waals surface area contributed by atoms with Crippen LogP contribution in [0.2, 0.25) is 0 Å². The third-order valence-electron chi connectivity index (χ3n) is 4.87. The summed E-state index contributed by atoms with van der Waals surface area (Å²) in [5.74, 6) is 1.97. The molecule has 2 nitrogen and oxygen atoms in total. The van der Waals surface area contributed by atoms with Crippen LogP contribution in [-0.2, 0) is 0 Å². The first-order valence-electron chi connectivity index (χ1n) is 7.86. The Morgan fingerprint density at radius 2 is 1.65 bits per heavy atom. The molecule has 3 fully saturated rings. The van der Waals surface area contributed by atoms with Gasteiger partial charge in [0.1, 0.15) is 0 Å². The summed E-state index contributed by atoms with van der Waals surface area (Å²) >= 11 is 0. The monoisotopic (exact) mass is 236 g/mol. The van der Waals surface area contributed by atoms with Gasteiger partial charge in [-0.25, -0.2) is 0 Å². The largest absolute Gasteiger partial charge is 0.314 e. The van der Waals surface area contributed by atoms with Gasteiger partial charge in [-0.15, -0.1) is 0 Å². The van der Waals surface area contributed by atoms with E-state index >= 15 is 0 Å². The number of hydrogen-bond acceptors (Lipinski definition) is 2. The molecule has 1 aliphatic heterocycles. The third-order valence-corrected chi connectivity index (χ3v) is 4.87. The molecule has 1 atom stereocenters. The molecule has 3 aliphatic rings. The molecule has 1 unspecified atom stereocenters. The zero-order chi connectivity index (χ0) is 11.5. The standard InChI is InChI=1S/C15H28N2/c1-2-5-13(4-1)11-17-9-3-6-14(12-17)10-16-15-7-8-15/h13-16H,1-12H2. The van der Waals surface area contributed by atoms with Crippen LogP contribution in [0.4, 0.5) is 0 Å². The lowest BCUT2D eigenvalue weighted by Crippen LogP contribution is -2.41. The lowest BCUT2D eigenvalue weighted by Gasteiger charge is -2.34. The number of hydrogen-bond donors (Lipinski definition) is 1. The topological polar surface area (TPSA) is 15.3 Å². The maximum atomic E-state index is 3.71. The van der Waals surface area contributed by atoms with Gasteiger partial charge in [-0.05, 0) is 63.5 Å². The molecular weight excluding hydrogens is 208 g/mol. The highest BCUT2D eigenvalue weighted by molar-refractivity contribution is 4.84. The van der Waals surface area contributed by atoms with Crippen LogP contribution in [0.1, 0.15) is 51.4 Å². The Hall–Kier alpha value is -0.0800. The molecule has 0 aromatic carbocycles. The van der Waals surface area contributed by atoms with Crippen molar-refractivity contribution in [1.82, 2.24) is 10.2 Å². The van der Waals surface area contributed by atoms with Gasteiger partial charge >= 0.3 is 0 Å². The number of nitrogens with zero attached hydrogens (tertiary/aromatic N) is 1. The summed E-state index contributed by atoms with van der Waals surface area (Å²) in [4.78, 5) is 2.76. The van der Waals surface area contributed by atoms with Crippen LogP contribution in [0.3, 0.4) is 0 Å². The van der Waals surface area contributed by atoms with Crippen LogP contribution >= 0.6 is 0 Å². The van der Waals surface area contributed by atoms with Gasteiger partial charge in [-0.3, -0.25) is 0 Å². The fraction of sp³-hybridized carbons (Fsp3) is 1.00. The van der Waals surface area contributed by atoms with Gasteiger partial charge in [0.2, 0.25) is 0 Å². The van der Waals surface area contributed by atoms with E-state index in [0.29, 0.717) is 0 Å². The van der Waals surface area contributed by atoms with Gasteiger partial charge in [-0.2, -0.15) is 0 Å². The molecule has 0 spiro atoms. The smallest absolute Gasteiger partial charge is 0.00683 e. The minimum absolute atomic E-state index is 0.889. The second-order valence-corrected chi connectivity index (χ2v) is 6.60. The Labute approximate surface area is 106 Å². The van der Waals surface area contributed by atoms with E-state index in [4.69, 9.17) is 0 Å². The molecular formula is C15H28N2. The number of likely N-dealkylation sites (tertiary alicyclic amines) is 1. The van der Waals surface area contributed by atoms with Crippen LogP contribution in [0.25, 0.3) is 0 Å². The molecule has 3 rings (SSSR count). The van der Waals surface area contributed by atoms with Crippen molar-refractivity contribution in [3.05, 3.63) is 0 Å². The molecule has 17 heavy (non-hydrogen) atoms. The van der Waals surface area contributed by atoms with Crippen LogP contribution < -0.4 is 5.32 Å². The Kier molecular flexibility index (Phi) is 4.02. The molecule has 0 aromatic heterocycles. The summed E-state index contributed by atoms with van der Waals surface area (Å²) < 4.78 is 0. The highest BCUT2D eigenvalue weighted by Gasteiger charge is 2.26. The Morgan fingerprint density at radius 3 is 2.41 bits per heavy atom. The normalized spacial score (nSPS) is 32.1. The van der Waals surface area contributed by atoms with Gasteiger partial charge in [0, 0.05) is 19.1 Å². The quantitative estimate of drug-likeness (QED) is 0.789. The maximum Gasteiger partial charge on any atom is 0.00683 e. The van der Waals surface area contributed by atoms with Crippen LogP contribution in [0.5, 0.6) is 0 Å². The molecule has 2 heteroatoms. The predicted octanol–water partition coefficient (Wildman–Crippen LogP) is 2.64. The Balaban J connectivity index is 1.38. The first-order valence-corrected chi connectivity index (χ1v) is 7.86. The minimum atomic E-state index is 0.889. The van der Waals surface area contributed by atoms with E-state index in [0.717, 1.165) is 17.9 Å². The van der Waals surface area contributed by atoms with Crippen molar-refractivity contribution in [3.63, 3.8) is 0 Å². The van der Waals surface area contributed by atoms with Crippen molar-refractivity contribution in [3.8, 4) is 0 Å². The first-order chi connectivity index (χ1) is 8.40. The molecule has 0 amide bonds. The third kappa shape index (κ3) is 3.69. The Bertz CT molecular complexity index is 231. The zero-order valence-electron chi connectivity index (χ0n) is 11.2. The lowest BCUT2D eigenvalue weighted by molar-refractivity contribution is 0.150. The van der Waals surface area contributed by atoms with Gasteiger partial charge in [0.25, 0.3) is 0 Å². The maximum absolute atomic E-state index is 3.71. The van der Waals surface area contributed by atoms with E-state index in [1.54, 1.807) is 0 Å². The number of rotatable bonds is 5. The van der Waals surface area contributed by atoms with Gasteiger partial charge in [0.05, 0.1) is 0 Å². The molecule has 2 aliphatic carbocycles. The lowest BCUT2D eigenvalue weighted by atomic mass is 9.96. The molecule has 1 heterocycles. The van der Waals surface area contributed by atoms with E-state index in [9.17, 15) is 0 Å². The highest BCUT2D eigenvalue weighted by atomic mass is 15.1. The van der Waals surface area contributed by atoms with Crippen molar-refractivity contribution in [2.45, 2.75) is 57.4 Å². The zero-order valence-corrected chi connectivity index (χ0v) is 11.2. The molecule has 98 valence electrons. The molecule has 1 saturated heterocycles. The second kappa shape index (κ2) is 5.71. The second-order valence-electron chi connectivity index (χ2n) is 6.60. The molecule has 0 radical (unpaired) electrons. The summed E-state index contributed by atoms with van der Waals surface area (Å²) in [7, 11) is 0. The SMILES string of the molecule is C1CCC(CN2CCCC(CNC3CC3)C2)C1. The van der Waals surface area contributed by atoms with E-state index in [2.05, 4.69) is 10.2 Å². The molecule has 0 bridgehead atoms. The average Bonchev–Trinajstić information content (AvgIpc) is 3.05. The Morgan fingerprint density at radius 1 is 0.882 bits per heavy atom. The van der Waals surface area contributed by atoms with E-state index in [-0.39, 0.29) is 0 Å². The minimum Gasteiger partial charge on any atom is -0.314 e. The number of nitrogens with one attached hydrogen (secondary N) is 1. The van der Waals surface area contributed by atoms with Crippen molar-refractivity contribution in [1.29, 1.82) is 0 Å².